The predicted molar refractivity (Wildman–Crippen MR) is 110 cm³/mol. The van der Waals surface area contributed by atoms with Crippen LogP contribution in [0.2, 0.25) is 0 Å². The summed E-state index contributed by atoms with van der Waals surface area (Å²) in [4.78, 5) is 13.0. The molecule has 0 aliphatic heterocycles. The van der Waals surface area contributed by atoms with Crippen LogP contribution in [0, 0.1) is 9.49 Å². The van der Waals surface area contributed by atoms with Crippen LogP contribution in [0.15, 0.2) is 36.5 Å². The van der Waals surface area contributed by atoms with Crippen molar-refractivity contribution in [3.05, 3.63) is 51.5 Å². The van der Waals surface area contributed by atoms with Crippen LogP contribution in [0.1, 0.15) is 36.1 Å². The average molecular weight is 480 g/mol. The highest BCUT2D eigenvalue weighted by atomic mass is 127. The summed E-state index contributed by atoms with van der Waals surface area (Å²) in [6.07, 6.45) is 1.90. The molecule has 0 aliphatic carbocycles. The van der Waals surface area contributed by atoms with Gasteiger partial charge >= 0.3 is 0 Å². The zero-order valence-corrected chi connectivity index (χ0v) is 17.7. The highest BCUT2D eigenvalue weighted by Gasteiger charge is 2.25. The van der Waals surface area contributed by atoms with Gasteiger partial charge in [0.1, 0.15) is 0 Å². The van der Waals surface area contributed by atoms with Crippen LogP contribution in [0.3, 0.4) is 0 Å². The standard InChI is InChI=1S/C19H21IN4O3/c1-11(2)17(18-23-22-16-7-5-6-8-24(16)18)21-19(25)12-9-14(26-3)15(27-4)10-13(12)20/h5-11,17H,1-4H3,(H,21,25). The zero-order valence-electron chi connectivity index (χ0n) is 15.6. The van der Waals surface area contributed by atoms with Crippen molar-refractivity contribution in [1.82, 2.24) is 19.9 Å². The van der Waals surface area contributed by atoms with E-state index in [2.05, 4.69) is 38.1 Å². The topological polar surface area (TPSA) is 77.8 Å². The molecular formula is C19H21IN4O3. The van der Waals surface area contributed by atoms with Gasteiger partial charge in [0.2, 0.25) is 0 Å². The second kappa shape index (κ2) is 8.12. The number of nitrogens with zero attached hydrogens (tertiary/aromatic N) is 3. The van der Waals surface area contributed by atoms with E-state index in [1.807, 2.05) is 42.6 Å². The van der Waals surface area contributed by atoms with Gasteiger partial charge in [-0.3, -0.25) is 9.20 Å². The maximum atomic E-state index is 13.0. The molecule has 1 aromatic carbocycles. The lowest BCUT2D eigenvalue weighted by atomic mass is 10.0. The Morgan fingerprint density at radius 3 is 2.52 bits per heavy atom. The highest BCUT2D eigenvalue weighted by molar-refractivity contribution is 14.1. The lowest BCUT2D eigenvalue weighted by Crippen LogP contribution is -2.33. The molecule has 2 heterocycles. The minimum absolute atomic E-state index is 0.124. The molecule has 1 unspecified atom stereocenters. The van der Waals surface area contributed by atoms with Crippen molar-refractivity contribution in [3.8, 4) is 11.5 Å². The first-order chi connectivity index (χ1) is 13.0. The first kappa shape index (κ1) is 19.4. The molecular weight excluding hydrogens is 459 g/mol. The number of pyridine rings is 1. The van der Waals surface area contributed by atoms with Crippen molar-refractivity contribution in [2.24, 2.45) is 5.92 Å². The smallest absolute Gasteiger partial charge is 0.253 e. The fraction of sp³-hybridized carbons (Fsp3) is 0.316. The molecule has 3 aromatic rings. The lowest BCUT2D eigenvalue weighted by molar-refractivity contribution is 0.0921. The third kappa shape index (κ3) is 3.85. The quantitative estimate of drug-likeness (QED) is 0.547. The summed E-state index contributed by atoms with van der Waals surface area (Å²) in [6.45, 7) is 4.07. The van der Waals surface area contributed by atoms with Gasteiger partial charge in [0.05, 0.1) is 25.8 Å². The Balaban J connectivity index is 1.95. The summed E-state index contributed by atoms with van der Waals surface area (Å²) in [6, 6.07) is 8.88. The van der Waals surface area contributed by atoms with Crippen molar-refractivity contribution in [3.63, 3.8) is 0 Å². The number of hydrogen-bond acceptors (Lipinski definition) is 5. The largest absolute Gasteiger partial charge is 0.493 e. The SMILES string of the molecule is COc1cc(I)c(C(=O)NC(c2nnc3ccccn23)C(C)C)cc1OC. The van der Waals surface area contributed by atoms with Crippen molar-refractivity contribution < 1.29 is 14.3 Å². The maximum Gasteiger partial charge on any atom is 0.253 e. The summed E-state index contributed by atoms with van der Waals surface area (Å²) in [5.41, 5.74) is 1.26. The van der Waals surface area contributed by atoms with Gasteiger partial charge in [-0.15, -0.1) is 10.2 Å². The van der Waals surface area contributed by atoms with Gasteiger partial charge in [-0.25, -0.2) is 0 Å². The Morgan fingerprint density at radius 2 is 1.85 bits per heavy atom. The molecule has 2 aromatic heterocycles. The van der Waals surface area contributed by atoms with Crippen LogP contribution in [-0.2, 0) is 0 Å². The van der Waals surface area contributed by atoms with Gasteiger partial charge in [-0.1, -0.05) is 19.9 Å². The minimum atomic E-state index is -0.293. The van der Waals surface area contributed by atoms with Crippen molar-refractivity contribution in [1.29, 1.82) is 0 Å². The third-order valence-electron chi connectivity index (χ3n) is 4.29. The molecule has 1 amide bonds. The van der Waals surface area contributed by atoms with Crippen LogP contribution in [0.5, 0.6) is 11.5 Å². The molecule has 1 atom stereocenters. The van der Waals surface area contributed by atoms with E-state index in [4.69, 9.17) is 9.47 Å². The molecule has 0 saturated carbocycles. The van der Waals surface area contributed by atoms with Gasteiger partial charge in [0, 0.05) is 9.77 Å². The molecule has 27 heavy (non-hydrogen) atoms. The number of aromatic nitrogens is 3. The van der Waals surface area contributed by atoms with Gasteiger partial charge in [0.15, 0.2) is 23.0 Å². The van der Waals surface area contributed by atoms with E-state index in [0.717, 1.165) is 9.22 Å². The van der Waals surface area contributed by atoms with E-state index in [9.17, 15) is 4.79 Å². The number of ether oxygens (including phenoxy) is 2. The number of fused-ring (bicyclic) bond motifs is 1. The van der Waals surface area contributed by atoms with Gasteiger partial charge < -0.3 is 14.8 Å². The molecule has 3 rings (SSSR count). The second-order valence-electron chi connectivity index (χ2n) is 6.37. The summed E-state index contributed by atoms with van der Waals surface area (Å²) in [5, 5.41) is 11.6. The van der Waals surface area contributed by atoms with E-state index in [0.29, 0.717) is 22.9 Å². The van der Waals surface area contributed by atoms with Crippen molar-refractivity contribution >= 4 is 34.1 Å². The Bertz CT molecular complexity index is 971. The summed E-state index contributed by atoms with van der Waals surface area (Å²) < 4.78 is 13.3. The molecule has 0 fully saturated rings. The Hall–Kier alpha value is -2.36. The van der Waals surface area contributed by atoms with Gasteiger partial charge in [-0.2, -0.15) is 0 Å². The molecule has 0 spiro atoms. The van der Waals surface area contributed by atoms with Crippen LogP contribution < -0.4 is 14.8 Å². The second-order valence-corrected chi connectivity index (χ2v) is 7.53. The predicted octanol–water partition coefficient (Wildman–Crippen LogP) is 3.48. The fourth-order valence-corrected chi connectivity index (χ4v) is 3.53. The summed E-state index contributed by atoms with van der Waals surface area (Å²) in [5.74, 6) is 1.72. The number of hydrogen-bond donors (Lipinski definition) is 1. The Morgan fingerprint density at radius 1 is 1.15 bits per heavy atom. The third-order valence-corrected chi connectivity index (χ3v) is 5.18. The summed E-state index contributed by atoms with van der Waals surface area (Å²) in [7, 11) is 3.12. The molecule has 7 nitrogen and oxygen atoms in total. The summed E-state index contributed by atoms with van der Waals surface area (Å²) >= 11 is 2.12. The first-order valence-corrected chi connectivity index (χ1v) is 9.56. The molecule has 0 saturated heterocycles. The number of carbonyl (C=O) groups excluding carboxylic acids is 1. The Labute approximate surface area is 171 Å². The number of methoxy groups -OCH3 is 2. The molecule has 142 valence electrons. The van der Waals surface area contributed by atoms with Crippen LogP contribution in [0.4, 0.5) is 0 Å². The zero-order chi connectivity index (χ0) is 19.6. The van der Waals surface area contributed by atoms with Crippen molar-refractivity contribution in [2.75, 3.05) is 14.2 Å². The van der Waals surface area contributed by atoms with E-state index in [1.165, 1.54) is 0 Å². The van der Waals surface area contributed by atoms with Gasteiger partial charge in [0.25, 0.3) is 5.91 Å². The Kier molecular flexibility index (Phi) is 5.83. The van der Waals surface area contributed by atoms with Crippen molar-refractivity contribution in [2.45, 2.75) is 19.9 Å². The van der Waals surface area contributed by atoms with Crippen LogP contribution >= 0.6 is 22.6 Å². The van der Waals surface area contributed by atoms with E-state index in [-0.39, 0.29) is 17.9 Å². The van der Waals surface area contributed by atoms with Crippen LogP contribution in [-0.4, -0.2) is 34.7 Å². The number of nitrogens with one attached hydrogen (secondary N) is 1. The number of carbonyl (C=O) groups is 1. The van der Waals surface area contributed by atoms with Crippen LogP contribution in [0.25, 0.3) is 5.65 Å². The number of amides is 1. The molecule has 1 N–H and O–H groups in total. The maximum absolute atomic E-state index is 13.0. The monoisotopic (exact) mass is 480 g/mol. The molecule has 0 radical (unpaired) electrons. The number of halogens is 1. The average Bonchev–Trinajstić information content (AvgIpc) is 3.09. The number of rotatable bonds is 6. The van der Waals surface area contributed by atoms with E-state index >= 15 is 0 Å². The minimum Gasteiger partial charge on any atom is -0.493 e. The number of benzene rings is 1. The molecule has 8 heteroatoms. The highest BCUT2D eigenvalue weighted by Crippen LogP contribution is 2.32. The normalized spacial score (nSPS) is 12.2. The first-order valence-electron chi connectivity index (χ1n) is 8.48. The van der Waals surface area contributed by atoms with E-state index < -0.39 is 0 Å². The molecule has 0 bridgehead atoms. The van der Waals surface area contributed by atoms with E-state index in [1.54, 1.807) is 26.4 Å². The van der Waals surface area contributed by atoms with Gasteiger partial charge in [-0.05, 0) is 52.8 Å². The fourth-order valence-electron chi connectivity index (χ4n) is 2.85. The lowest BCUT2D eigenvalue weighted by Gasteiger charge is -2.21. The molecule has 0 aliphatic rings.